The van der Waals surface area contributed by atoms with Crippen LogP contribution in [0.1, 0.15) is 19.8 Å². The third-order valence-electron chi connectivity index (χ3n) is 3.63. The molecule has 0 atom stereocenters. The zero-order chi connectivity index (χ0) is 15.1. The van der Waals surface area contributed by atoms with E-state index >= 15 is 0 Å². The largest absolute Gasteiger partial charge is 0.450 e. The van der Waals surface area contributed by atoms with Crippen LogP contribution in [0.4, 0.5) is 9.59 Å². The minimum absolute atomic E-state index is 0.113. The number of amides is 3. The van der Waals surface area contributed by atoms with E-state index in [-0.39, 0.29) is 12.1 Å². The van der Waals surface area contributed by atoms with Gasteiger partial charge in [-0.15, -0.1) is 0 Å². The Kier molecular flexibility index (Phi) is 5.86. The zero-order valence-corrected chi connectivity index (χ0v) is 12.5. The summed E-state index contributed by atoms with van der Waals surface area (Å²) in [6.07, 6.45) is 3.23. The topological polar surface area (TPSA) is 71.1 Å². The highest BCUT2D eigenvalue weighted by molar-refractivity contribution is 5.76. The fourth-order valence-corrected chi connectivity index (χ4v) is 2.34. The van der Waals surface area contributed by atoms with Crippen molar-refractivity contribution < 1.29 is 19.1 Å². The predicted octanol–water partition coefficient (Wildman–Crippen LogP) is 1.16. The van der Waals surface area contributed by atoms with Gasteiger partial charge in [-0.05, 0) is 25.3 Å². The van der Waals surface area contributed by atoms with E-state index in [1.165, 1.54) is 5.57 Å². The van der Waals surface area contributed by atoms with E-state index in [0.29, 0.717) is 32.8 Å². The Morgan fingerprint density at radius 1 is 1.19 bits per heavy atom. The van der Waals surface area contributed by atoms with Crippen LogP contribution in [0.5, 0.6) is 0 Å². The third-order valence-corrected chi connectivity index (χ3v) is 3.63. The van der Waals surface area contributed by atoms with E-state index in [4.69, 9.17) is 9.47 Å². The Labute approximate surface area is 124 Å². The first kappa shape index (κ1) is 15.6. The number of hydrogen-bond donors (Lipinski definition) is 1. The Hall–Kier alpha value is -1.76. The van der Waals surface area contributed by atoms with Crippen LogP contribution in [0, 0.1) is 0 Å². The van der Waals surface area contributed by atoms with Crippen LogP contribution in [0.3, 0.4) is 0 Å². The summed E-state index contributed by atoms with van der Waals surface area (Å²) < 4.78 is 10.2. The van der Waals surface area contributed by atoms with E-state index in [9.17, 15) is 9.59 Å². The Morgan fingerprint density at radius 3 is 2.43 bits per heavy atom. The van der Waals surface area contributed by atoms with Crippen LogP contribution < -0.4 is 5.32 Å². The molecule has 2 fully saturated rings. The highest BCUT2D eigenvalue weighted by Crippen LogP contribution is 2.12. The number of hydrogen-bond acceptors (Lipinski definition) is 4. The summed E-state index contributed by atoms with van der Waals surface area (Å²) in [7, 11) is 0. The van der Waals surface area contributed by atoms with Crippen molar-refractivity contribution in [2.45, 2.75) is 19.8 Å². The predicted molar refractivity (Wildman–Crippen MR) is 76.8 cm³/mol. The van der Waals surface area contributed by atoms with Crippen LogP contribution in [-0.4, -0.2) is 67.9 Å². The molecule has 0 aromatic heterocycles. The molecule has 0 aliphatic carbocycles. The van der Waals surface area contributed by atoms with Gasteiger partial charge < -0.3 is 24.6 Å². The van der Waals surface area contributed by atoms with Crippen LogP contribution in [0.25, 0.3) is 0 Å². The number of carbonyl (C=O) groups excluding carboxylic acids is 2. The number of ether oxygens (including phenoxy) is 2. The van der Waals surface area contributed by atoms with Crippen LogP contribution in [0.15, 0.2) is 11.8 Å². The molecule has 21 heavy (non-hydrogen) atoms. The number of nitrogens with zero attached hydrogens (tertiary/aromatic N) is 2. The first-order valence-electron chi connectivity index (χ1n) is 7.43. The maximum absolute atomic E-state index is 12.0. The van der Waals surface area contributed by atoms with Crippen molar-refractivity contribution in [3.63, 3.8) is 0 Å². The lowest BCUT2D eigenvalue weighted by atomic mass is 10.1. The molecule has 3 amide bonds. The van der Waals surface area contributed by atoms with Crippen molar-refractivity contribution in [1.29, 1.82) is 0 Å². The van der Waals surface area contributed by atoms with E-state index < -0.39 is 0 Å². The van der Waals surface area contributed by atoms with Gasteiger partial charge in [0.15, 0.2) is 0 Å². The lowest BCUT2D eigenvalue weighted by Gasteiger charge is -2.33. The lowest BCUT2D eigenvalue weighted by molar-refractivity contribution is 0.0856. The van der Waals surface area contributed by atoms with Crippen molar-refractivity contribution in [3.8, 4) is 0 Å². The van der Waals surface area contributed by atoms with Crippen LogP contribution in [-0.2, 0) is 9.47 Å². The van der Waals surface area contributed by atoms with Crippen LogP contribution in [0.2, 0.25) is 0 Å². The fraction of sp³-hybridized carbons (Fsp3) is 0.714. The Morgan fingerprint density at radius 2 is 1.81 bits per heavy atom. The van der Waals surface area contributed by atoms with E-state index in [1.54, 1.807) is 22.9 Å². The zero-order valence-electron chi connectivity index (χ0n) is 12.5. The monoisotopic (exact) mass is 297 g/mol. The summed E-state index contributed by atoms with van der Waals surface area (Å²) in [5, 5.41) is 2.83. The standard InChI is InChI=1S/C14H23N3O4/c1-2-21-14(19)17-7-5-16(6-8-17)13(18)15-11-12-3-9-20-10-4-12/h11H,2-10H2,1H3,(H,15,18). The number of nitrogens with one attached hydrogen (secondary N) is 1. The number of urea groups is 1. The first-order valence-corrected chi connectivity index (χ1v) is 7.43. The smallest absolute Gasteiger partial charge is 0.409 e. The average molecular weight is 297 g/mol. The van der Waals surface area contributed by atoms with Crippen molar-refractivity contribution in [1.82, 2.24) is 15.1 Å². The molecule has 0 aromatic carbocycles. The van der Waals surface area contributed by atoms with Gasteiger partial charge in [0.25, 0.3) is 0 Å². The summed E-state index contributed by atoms with van der Waals surface area (Å²) in [6, 6.07) is -0.113. The second-order valence-electron chi connectivity index (χ2n) is 5.04. The maximum Gasteiger partial charge on any atom is 0.409 e. The molecular formula is C14H23N3O4. The van der Waals surface area contributed by atoms with Crippen molar-refractivity contribution in [2.75, 3.05) is 46.0 Å². The summed E-state index contributed by atoms with van der Waals surface area (Å²) in [5.74, 6) is 0. The molecule has 2 aliphatic heterocycles. The number of carbonyl (C=O) groups is 2. The molecule has 0 spiro atoms. The number of rotatable bonds is 2. The van der Waals surface area contributed by atoms with Gasteiger partial charge >= 0.3 is 12.1 Å². The van der Waals surface area contributed by atoms with Gasteiger partial charge in [0.1, 0.15) is 0 Å². The minimum Gasteiger partial charge on any atom is -0.450 e. The van der Waals surface area contributed by atoms with Crippen molar-refractivity contribution >= 4 is 12.1 Å². The molecule has 0 saturated carbocycles. The van der Waals surface area contributed by atoms with E-state index in [1.807, 2.05) is 0 Å². The molecule has 2 rings (SSSR count). The van der Waals surface area contributed by atoms with Crippen molar-refractivity contribution in [2.24, 2.45) is 0 Å². The van der Waals surface area contributed by atoms with Gasteiger partial charge in [0.2, 0.25) is 0 Å². The molecule has 2 heterocycles. The second-order valence-corrected chi connectivity index (χ2v) is 5.04. The molecule has 118 valence electrons. The summed E-state index contributed by atoms with van der Waals surface area (Å²) in [4.78, 5) is 27.0. The van der Waals surface area contributed by atoms with E-state index in [2.05, 4.69) is 5.32 Å². The van der Waals surface area contributed by atoms with Gasteiger partial charge in [0.05, 0.1) is 19.8 Å². The maximum atomic E-state index is 12.0. The van der Waals surface area contributed by atoms with Gasteiger partial charge in [0, 0.05) is 32.4 Å². The highest BCUT2D eigenvalue weighted by Gasteiger charge is 2.24. The van der Waals surface area contributed by atoms with Gasteiger partial charge in [-0.2, -0.15) is 0 Å². The second kappa shape index (κ2) is 7.87. The molecule has 0 unspecified atom stereocenters. The average Bonchev–Trinajstić information content (AvgIpc) is 2.54. The Balaban J connectivity index is 1.73. The first-order chi connectivity index (χ1) is 10.2. The quantitative estimate of drug-likeness (QED) is 0.830. The molecular weight excluding hydrogens is 274 g/mol. The summed E-state index contributed by atoms with van der Waals surface area (Å²) >= 11 is 0. The number of piperazine rings is 1. The molecule has 7 heteroatoms. The molecule has 0 aromatic rings. The summed E-state index contributed by atoms with van der Waals surface area (Å²) in [6.45, 7) is 5.67. The van der Waals surface area contributed by atoms with Gasteiger partial charge in [-0.1, -0.05) is 0 Å². The SMILES string of the molecule is CCOC(=O)N1CCN(C(=O)NC=C2CCOCC2)CC1. The minimum atomic E-state index is -0.304. The third kappa shape index (κ3) is 4.63. The Bertz CT molecular complexity index is 395. The molecule has 2 aliphatic rings. The lowest BCUT2D eigenvalue weighted by Crippen LogP contribution is -2.52. The molecule has 1 N–H and O–H groups in total. The van der Waals surface area contributed by atoms with Crippen molar-refractivity contribution in [3.05, 3.63) is 11.8 Å². The highest BCUT2D eigenvalue weighted by atomic mass is 16.6. The molecule has 0 bridgehead atoms. The molecule has 7 nitrogen and oxygen atoms in total. The normalized spacial score (nSPS) is 19.2. The van der Waals surface area contributed by atoms with Crippen LogP contribution >= 0.6 is 0 Å². The summed E-state index contributed by atoms with van der Waals surface area (Å²) in [5.41, 5.74) is 1.21. The molecule has 0 radical (unpaired) electrons. The van der Waals surface area contributed by atoms with Gasteiger partial charge in [-0.25, -0.2) is 9.59 Å². The van der Waals surface area contributed by atoms with E-state index in [0.717, 1.165) is 26.1 Å². The van der Waals surface area contributed by atoms with Gasteiger partial charge in [-0.3, -0.25) is 0 Å². The molecule has 2 saturated heterocycles. The fourth-order valence-electron chi connectivity index (χ4n) is 2.34.